The molecule has 0 bridgehead atoms. The molecule has 5 nitrogen and oxygen atoms in total. The number of ether oxygens (including phenoxy) is 2. The molecule has 0 N–H and O–H groups in total. The molecule has 0 aliphatic carbocycles. The van der Waals surface area contributed by atoms with Crippen LogP contribution in [-0.4, -0.2) is 68.3 Å². The van der Waals surface area contributed by atoms with Gasteiger partial charge in [0.05, 0.1) is 19.3 Å². The van der Waals surface area contributed by atoms with Crippen LogP contribution in [0, 0.1) is 0 Å². The van der Waals surface area contributed by atoms with E-state index in [0.717, 1.165) is 37.7 Å². The van der Waals surface area contributed by atoms with Gasteiger partial charge in [-0.05, 0) is 30.2 Å². The first-order valence-electron chi connectivity index (χ1n) is 10.8. The molecule has 0 spiro atoms. The first-order valence-corrected chi connectivity index (χ1v) is 11.2. The summed E-state index contributed by atoms with van der Waals surface area (Å²) in [6.07, 6.45) is 4.07. The third kappa shape index (κ3) is 7.47. The molecular formula is C25H31ClN2O3. The van der Waals surface area contributed by atoms with Crippen LogP contribution in [0.4, 0.5) is 0 Å². The van der Waals surface area contributed by atoms with Gasteiger partial charge in [0.15, 0.2) is 0 Å². The molecular weight excluding hydrogens is 412 g/mol. The molecule has 2 aromatic carbocycles. The maximum Gasteiger partial charge on any atom is 0.332 e. The summed E-state index contributed by atoms with van der Waals surface area (Å²) in [4.78, 5) is 16.2. The number of nitrogens with zero attached hydrogens (tertiary/aromatic N) is 2. The van der Waals surface area contributed by atoms with Crippen LogP contribution >= 0.6 is 11.6 Å². The van der Waals surface area contributed by atoms with Gasteiger partial charge in [-0.25, -0.2) is 4.79 Å². The Morgan fingerprint density at radius 2 is 1.68 bits per heavy atom. The molecule has 0 aromatic heterocycles. The van der Waals surface area contributed by atoms with Crippen LogP contribution in [-0.2, 0) is 14.3 Å². The number of hydrogen-bond donors (Lipinski definition) is 0. The first kappa shape index (κ1) is 23.5. The van der Waals surface area contributed by atoms with E-state index in [-0.39, 0.29) is 18.6 Å². The SMILES string of the molecule is CCOC(=O)COCC=CCN1CCN(C(c2ccccc2)c2ccc(Cl)cc2)CC1. The lowest BCUT2D eigenvalue weighted by molar-refractivity contribution is -0.147. The van der Waals surface area contributed by atoms with Crippen molar-refractivity contribution in [3.63, 3.8) is 0 Å². The summed E-state index contributed by atoms with van der Waals surface area (Å²) >= 11 is 6.12. The average Bonchev–Trinajstić information content (AvgIpc) is 2.79. The van der Waals surface area contributed by atoms with Gasteiger partial charge in [-0.1, -0.05) is 66.2 Å². The predicted octanol–water partition coefficient (Wildman–Crippen LogP) is 4.18. The van der Waals surface area contributed by atoms with E-state index in [1.165, 1.54) is 11.1 Å². The lowest BCUT2D eigenvalue weighted by Gasteiger charge is -2.39. The molecule has 2 aromatic rings. The van der Waals surface area contributed by atoms with Crippen LogP contribution in [0.15, 0.2) is 66.7 Å². The summed E-state index contributed by atoms with van der Waals surface area (Å²) in [5, 5.41) is 0.762. The molecule has 31 heavy (non-hydrogen) atoms. The summed E-state index contributed by atoms with van der Waals surface area (Å²) in [6, 6.07) is 19.1. The highest BCUT2D eigenvalue weighted by molar-refractivity contribution is 6.30. The van der Waals surface area contributed by atoms with Crippen molar-refractivity contribution in [1.29, 1.82) is 0 Å². The summed E-state index contributed by atoms with van der Waals surface area (Å²) in [7, 11) is 0. The maximum atomic E-state index is 11.2. The van der Waals surface area contributed by atoms with Crippen LogP contribution in [0.1, 0.15) is 24.1 Å². The van der Waals surface area contributed by atoms with Crippen LogP contribution < -0.4 is 0 Å². The molecule has 166 valence electrons. The van der Waals surface area contributed by atoms with Crippen molar-refractivity contribution >= 4 is 17.6 Å². The molecule has 1 heterocycles. The molecule has 0 saturated carbocycles. The fourth-order valence-corrected chi connectivity index (χ4v) is 3.93. The van der Waals surface area contributed by atoms with Gasteiger partial charge in [0.1, 0.15) is 6.61 Å². The van der Waals surface area contributed by atoms with Crippen molar-refractivity contribution in [3.8, 4) is 0 Å². The molecule has 1 saturated heterocycles. The van der Waals surface area contributed by atoms with Gasteiger partial charge in [-0.3, -0.25) is 9.80 Å². The van der Waals surface area contributed by atoms with Gasteiger partial charge >= 0.3 is 5.97 Å². The lowest BCUT2D eigenvalue weighted by Crippen LogP contribution is -2.47. The Kier molecular flexibility index (Phi) is 9.56. The van der Waals surface area contributed by atoms with E-state index < -0.39 is 0 Å². The second-order valence-corrected chi connectivity index (χ2v) is 7.93. The molecule has 1 atom stereocenters. The minimum atomic E-state index is -0.319. The molecule has 1 aliphatic rings. The van der Waals surface area contributed by atoms with Gasteiger partial charge in [-0.2, -0.15) is 0 Å². The Morgan fingerprint density at radius 1 is 1.00 bits per heavy atom. The van der Waals surface area contributed by atoms with E-state index in [1.54, 1.807) is 6.92 Å². The number of rotatable bonds is 10. The lowest BCUT2D eigenvalue weighted by atomic mass is 9.96. The molecule has 1 fully saturated rings. The Bertz CT molecular complexity index is 818. The fraction of sp³-hybridized carbons (Fsp3) is 0.400. The number of hydrogen-bond acceptors (Lipinski definition) is 5. The zero-order valence-electron chi connectivity index (χ0n) is 18.1. The zero-order chi connectivity index (χ0) is 21.9. The number of esters is 1. The summed E-state index contributed by atoms with van der Waals surface area (Å²) in [5.41, 5.74) is 2.57. The molecule has 1 aliphatic heterocycles. The van der Waals surface area contributed by atoms with Crippen molar-refractivity contribution in [3.05, 3.63) is 82.9 Å². The Morgan fingerprint density at radius 3 is 2.35 bits per heavy atom. The smallest absolute Gasteiger partial charge is 0.332 e. The summed E-state index contributed by atoms with van der Waals surface area (Å²) in [6.45, 7) is 7.48. The topological polar surface area (TPSA) is 42.0 Å². The second kappa shape index (κ2) is 12.6. The van der Waals surface area contributed by atoms with E-state index >= 15 is 0 Å². The quantitative estimate of drug-likeness (QED) is 0.313. The maximum absolute atomic E-state index is 11.2. The fourth-order valence-electron chi connectivity index (χ4n) is 3.80. The molecule has 0 amide bonds. The van der Waals surface area contributed by atoms with Crippen molar-refractivity contribution in [2.75, 3.05) is 52.5 Å². The van der Waals surface area contributed by atoms with Gasteiger partial charge in [0.2, 0.25) is 0 Å². The minimum absolute atomic E-state index is 0.00241. The highest BCUT2D eigenvalue weighted by Crippen LogP contribution is 2.30. The average molecular weight is 443 g/mol. The monoisotopic (exact) mass is 442 g/mol. The van der Waals surface area contributed by atoms with Gasteiger partial charge in [0.25, 0.3) is 0 Å². The predicted molar refractivity (Wildman–Crippen MR) is 124 cm³/mol. The largest absolute Gasteiger partial charge is 0.464 e. The van der Waals surface area contributed by atoms with Crippen molar-refractivity contribution in [2.24, 2.45) is 0 Å². The van der Waals surface area contributed by atoms with Crippen LogP contribution in [0.25, 0.3) is 0 Å². The standard InChI is InChI=1S/C25H31ClN2O3/c1-2-31-24(29)20-30-19-7-6-14-27-15-17-28(18-16-27)25(21-8-4-3-5-9-21)22-10-12-23(26)13-11-22/h3-13,25H,2,14-20H2,1H3. The van der Waals surface area contributed by atoms with Crippen LogP contribution in [0.5, 0.6) is 0 Å². The molecule has 0 radical (unpaired) electrons. The zero-order valence-corrected chi connectivity index (χ0v) is 18.8. The van der Waals surface area contributed by atoms with Crippen LogP contribution in [0.3, 0.4) is 0 Å². The van der Waals surface area contributed by atoms with E-state index in [1.807, 2.05) is 18.2 Å². The van der Waals surface area contributed by atoms with Gasteiger partial charge < -0.3 is 9.47 Å². The number of halogens is 1. The highest BCUT2D eigenvalue weighted by Gasteiger charge is 2.25. The van der Waals surface area contributed by atoms with Crippen molar-refractivity contribution in [1.82, 2.24) is 9.80 Å². The van der Waals surface area contributed by atoms with Crippen molar-refractivity contribution < 1.29 is 14.3 Å². The van der Waals surface area contributed by atoms with Crippen LogP contribution in [0.2, 0.25) is 5.02 Å². The van der Waals surface area contributed by atoms with E-state index in [2.05, 4.69) is 58.3 Å². The highest BCUT2D eigenvalue weighted by atomic mass is 35.5. The number of carbonyl (C=O) groups is 1. The first-order chi connectivity index (χ1) is 15.2. The number of carbonyl (C=O) groups excluding carboxylic acids is 1. The minimum Gasteiger partial charge on any atom is -0.464 e. The normalized spacial score (nSPS) is 16.5. The third-order valence-electron chi connectivity index (χ3n) is 5.34. The Balaban J connectivity index is 1.50. The Labute approximate surface area is 190 Å². The molecule has 6 heteroatoms. The third-order valence-corrected chi connectivity index (χ3v) is 5.59. The van der Waals surface area contributed by atoms with Crippen molar-refractivity contribution in [2.45, 2.75) is 13.0 Å². The molecule has 1 unspecified atom stereocenters. The van der Waals surface area contributed by atoms with Gasteiger partial charge in [-0.15, -0.1) is 0 Å². The number of piperazine rings is 1. The number of benzene rings is 2. The summed E-state index contributed by atoms with van der Waals surface area (Å²) < 4.78 is 10.1. The Hall–Kier alpha value is -2.18. The van der Waals surface area contributed by atoms with Gasteiger partial charge in [0, 0.05) is 37.7 Å². The van der Waals surface area contributed by atoms with E-state index in [9.17, 15) is 4.79 Å². The summed E-state index contributed by atoms with van der Waals surface area (Å²) in [5.74, 6) is -0.319. The van der Waals surface area contributed by atoms with E-state index in [4.69, 9.17) is 21.1 Å². The molecule has 3 rings (SSSR count). The second-order valence-electron chi connectivity index (χ2n) is 7.49. The van der Waals surface area contributed by atoms with E-state index in [0.29, 0.717) is 13.2 Å².